The lowest BCUT2D eigenvalue weighted by Crippen LogP contribution is -2.56. The SMILES string of the molecule is C[C@@H](NC(=O)COC(=O)c1ccc2ncsc2c1)C12CC3CC(CC(C3)C1)C2. The van der Waals surface area contributed by atoms with E-state index in [-0.39, 0.29) is 24.0 Å². The second-order valence-corrected chi connectivity index (χ2v) is 10.1. The van der Waals surface area contributed by atoms with Crippen LogP contribution in [0.2, 0.25) is 0 Å². The first kappa shape index (κ1) is 18.1. The highest BCUT2D eigenvalue weighted by atomic mass is 32.1. The maximum Gasteiger partial charge on any atom is 0.338 e. The molecular weight excluding hydrogens is 372 g/mol. The predicted octanol–water partition coefficient (Wildman–Crippen LogP) is 4.17. The summed E-state index contributed by atoms with van der Waals surface area (Å²) in [7, 11) is 0. The standard InChI is InChI=1S/C22H26N2O3S/c1-13(22-8-14-4-15(9-22)6-16(5-14)10-22)24-20(25)11-27-21(26)17-2-3-18-19(7-17)28-12-23-18/h2-3,7,12-16H,4-6,8-11H2,1H3,(H,24,25)/t13-,14?,15?,16?,22?/m1/s1. The third kappa shape index (κ3) is 3.21. The van der Waals surface area contributed by atoms with Gasteiger partial charge in [-0.2, -0.15) is 0 Å². The number of rotatable bonds is 5. The van der Waals surface area contributed by atoms with Crippen LogP contribution in [0.4, 0.5) is 0 Å². The minimum atomic E-state index is -0.465. The van der Waals surface area contributed by atoms with Gasteiger partial charge in [0.2, 0.25) is 0 Å². The van der Waals surface area contributed by atoms with E-state index in [4.69, 9.17) is 4.74 Å². The van der Waals surface area contributed by atoms with Crippen molar-refractivity contribution in [2.24, 2.45) is 23.2 Å². The van der Waals surface area contributed by atoms with Crippen molar-refractivity contribution in [3.05, 3.63) is 29.3 Å². The Bertz CT molecular complexity index is 886. The first-order chi connectivity index (χ1) is 13.5. The number of amides is 1. The van der Waals surface area contributed by atoms with Gasteiger partial charge in [0.25, 0.3) is 5.91 Å². The van der Waals surface area contributed by atoms with Gasteiger partial charge in [0, 0.05) is 6.04 Å². The zero-order chi connectivity index (χ0) is 19.3. The summed E-state index contributed by atoms with van der Waals surface area (Å²) in [6.07, 6.45) is 7.91. The molecule has 0 saturated heterocycles. The van der Waals surface area contributed by atoms with E-state index >= 15 is 0 Å². The fourth-order valence-corrected chi connectivity index (χ4v) is 7.06. The van der Waals surface area contributed by atoms with Gasteiger partial charge in [0.1, 0.15) is 0 Å². The molecule has 0 unspecified atom stereocenters. The number of fused-ring (bicyclic) bond motifs is 1. The summed E-state index contributed by atoms with van der Waals surface area (Å²) in [6.45, 7) is 1.92. The van der Waals surface area contributed by atoms with E-state index in [0.29, 0.717) is 5.56 Å². The molecule has 6 heteroatoms. The highest BCUT2D eigenvalue weighted by Crippen LogP contribution is 2.61. The Morgan fingerprint density at radius 1 is 1.21 bits per heavy atom. The summed E-state index contributed by atoms with van der Waals surface area (Å²) in [5, 5.41) is 3.15. The van der Waals surface area contributed by atoms with Crippen LogP contribution < -0.4 is 5.32 Å². The number of aromatic nitrogens is 1. The number of thiazole rings is 1. The second-order valence-electron chi connectivity index (χ2n) is 9.18. The fraction of sp³-hybridized carbons (Fsp3) is 0.591. The van der Waals surface area contributed by atoms with E-state index in [9.17, 15) is 9.59 Å². The molecule has 5 nitrogen and oxygen atoms in total. The molecule has 1 atom stereocenters. The van der Waals surface area contributed by atoms with Gasteiger partial charge in [-0.05, 0) is 86.8 Å². The number of hydrogen-bond acceptors (Lipinski definition) is 5. The van der Waals surface area contributed by atoms with E-state index in [2.05, 4.69) is 17.2 Å². The quantitative estimate of drug-likeness (QED) is 0.768. The molecule has 6 rings (SSSR count). The third-order valence-electron chi connectivity index (χ3n) is 7.28. The Hall–Kier alpha value is -1.95. The van der Waals surface area contributed by atoms with Crippen LogP contribution in [-0.4, -0.2) is 29.5 Å². The second kappa shape index (κ2) is 6.83. The molecule has 4 saturated carbocycles. The monoisotopic (exact) mass is 398 g/mol. The van der Waals surface area contributed by atoms with Crippen molar-refractivity contribution in [2.45, 2.75) is 51.5 Å². The molecule has 1 heterocycles. The van der Waals surface area contributed by atoms with Crippen LogP contribution in [-0.2, 0) is 9.53 Å². The summed E-state index contributed by atoms with van der Waals surface area (Å²) in [5.41, 5.74) is 3.33. The van der Waals surface area contributed by atoms with Gasteiger partial charge in [-0.25, -0.2) is 9.78 Å². The molecule has 0 radical (unpaired) electrons. The summed E-state index contributed by atoms with van der Waals surface area (Å²) < 4.78 is 6.21. The summed E-state index contributed by atoms with van der Waals surface area (Å²) >= 11 is 1.48. The Morgan fingerprint density at radius 3 is 2.57 bits per heavy atom. The normalized spacial score (nSPS) is 31.7. The molecule has 148 valence electrons. The predicted molar refractivity (Wildman–Crippen MR) is 108 cm³/mol. The molecule has 1 aromatic carbocycles. The largest absolute Gasteiger partial charge is 0.452 e. The molecule has 4 fully saturated rings. The van der Waals surface area contributed by atoms with E-state index in [1.54, 1.807) is 23.7 Å². The molecule has 4 aliphatic carbocycles. The van der Waals surface area contributed by atoms with Gasteiger partial charge in [0.15, 0.2) is 6.61 Å². The first-order valence-corrected chi connectivity index (χ1v) is 11.2. The summed E-state index contributed by atoms with van der Waals surface area (Å²) in [4.78, 5) is 29.0. The maximum absolute atomic E-state index is 12.5. The van der Waals surface area contributed by atoms with E-state index < -0.39 is 5.97 Å². The molecule has 4 aliphatic rings. The van der Waals surface area contributed by atoms with E-state index in [0.717, 1.165) is 28.0 Å². The number of nitrogens with zero attached hydrogens (tertiary/aromatic N) is 1. The van der Waals surface area contributed by atoms with Crippen molar-refractivity contribution in [3.8, 4) is 0 Å². The van der Waals surface area contributed by atoms with Crippen molar-refractivity contribution in [1.82, 2.24) is 10.3 Å². The first-order valence-electron chi connectivity index (χ1n) is 10.3. The Morgan fingerprint density at radius 2 is 1.89 bits per heavy atom. The minimum Gasteiger partial charge on any atom is -0.452 e. The molecule has 28 heavy (non-hydrogen) atoms. The van der Waals surface area contributed by atoms with Crippen molar-refractivity contribution in [1.29, 1.82) is 0 Å². The van der Waals surface area contributed by atoms with Gasteiger partial charge < -0.3 is 10.1 Å². The number of ether oxygens (including phenoxy) is 1. The van der Waals surface area contributed by atoms with Crippen molar-refractivity contribution < 1.29 is 14.3 Å². The lowest BCUT2D eigenvalue weighted by Gasteiger charge is -2.59. The van der Waals surface area contributed by atoms with Crippen LogP contribution >= 0.6 is 11.3 Å². The average molecular weight is 399 g/mol. The van der Waals surface area contributed by atoms with Crippen LogP contribution in [0.5, 0.6) is 0 Å². The molecule has 0 spiro atoms. The van der Waals surface area contributed by atoms with Gasteiger partial charge in [-0.3, -0.25) is 4.79 Å². The highest BCUT2D eigenvalue weighted by Gasteiger charge is 2.53. The zero-order valence-corrected chi connectivity index (χ0v) is 17.0. The molecule has 1 amide bonds. The Labute approximate surface area is 168 Å². The number of esters is 1. The van der Waals surface area contributed by atoms with Gasteiger partial charge in [-0.1, -0.05) is 0 Å². The Balaban J connectivity index is 1.17. The Kier molecular flexibility index (Phi) is 4.42. The number of nitrogens with one attached hydrogen (secondary N) is 1. The van der Waals surface area contributed by atoms with E-state index in [1.165, 1.54) is 49.9 Å². The summed E-state index contributed by atoms with van der Waals surface area (Å²) in [6, 6.07) is 5.41. The third-order valence-corrected chi connectivity index (χ3v) is 8.07. The topological polar surface area (TPSA) is 68.3 Å². The van der Waals surface area contributed by atoms with E-state index in [1.807, 2.05) is 0 Å². The maximum atomic E-state index is 12.5. The highest BCUT2D eigenvalue weighted by molar-refractivity contribution is 7.16. The van der Waals surface area contributed by atoms with Crippen LogP contribution in [0, 0.1) is 23.2 Å². The molecule has 2 aromatic rings. The number of benzene rings is 1. The fourth-order valence-electron chi connectivity index (χ4n) is 6.34. The molecular formula is C22H26N2O3S. The number of carbonyl (C=O) groups excluding carboxylic acids is 2. The average Bonchev–Trinajstić information content (AvgIpc) is 3.12. The van der Waals surface area contributed by atoms with Crippen LogP contribution in [0.25, 0.3) is 10.2 Å². The van der Waals surface area contributed by atoms with Crippen LogP contribution in [0.3, 0.4) is 0 Å². The summed E-state index contributed by atoms with van der Waals surface area (Å²) in [5.74, 6) is 1.89. The van der Waals surface area contributed by atoms with Gasteiger partial charge in [0.05, 0.1) is 21.3 Å². The zero-order valence-electron chi connectivity index (χ0n) is 16.1. The van der Waals surface area contributed by atoms with Crippen molar-refractivity contribution >= 4 is 33.4 Å². The smallest absolute Gasteiger partial charge is 0.338 e. The lowest BCUT2D eigenvalue weighted by atomic mass is 9.48. The van der Waals surface area contributed by atoms with Crippen LogP contribution in [0.1, 0.15) is 55.8 Å². The number of carbonyl (C=O) groups is 2. The minimum absolute atomic E-state index is 0.139. The lowest BCUT2D eigenvalue weighted by molar-refractivity contribution is -0.128. The van der Waals surface area contributed by atoms with Crippen LogP contribution in [0.15, 0.2) is 23.7 Å². The van der Waals surface area contributed by atoms with Crippen molar-refractivity contribution in [2.75, 3.05) is 6.61 Å². The van der Waals surface area contributed by atoms with Gasteiger partial charge >= 0.3 is 5.97 Å². The molecule has 1 aromatic heterocycles. The van der Waals surface area contributed by atoms with Gasteiger partial charge in [-0.15, -0.1) is 11.3 Å². The number of hydrogen-bond donors (Lipinski definition) is 1. The molecule has 4 bridgehead atoms. The van der Waals surface area contributed by atoms with Crippen molar-refractivity contribution in [3.63, 3.8) is 0 Å². The molecule has 1 N–H and O–H groups in total. The molecule has 0 aliphatic heterocycles.